The van der Waals surface area contributed by atoms with E-state index in [0.29, 0.717) is 5.75 Å². The highest BCUT2D eigenvalue weighted by molar-refractivity contribution is 5.50. The summed E-state index contributed by atoms with van der Waals surface area (Å²) in [5.74, 6) is 0.792. The van der Waals surface area contributed by atoms with Crippen molar-refractivity contribution in [1.29, 1.82) is 0 Å². The fourth-order valence-corrected chi connectivity index (χ4v) is 1.71. The molecule has 6 heteroatoms. The summed E-state index contributed by atoms with van der Waals surface area (Å²) in [7, 11) is 1.40. The van der Waals surface area contributed by atoms with Gasteiger partial charge in [0.1, 0.15) is 11.4 Å². The van der Waals surface area contributed by atoms with Crippen molar-refractivity contribution in [2.45, 2.75) is 12.5 Å². The molecule has 1 fully saturated rings. The van der Waals surface area contributed by atoms with E-state index in [4.69, 9.17) is 9.47 Å². The largest absolute Gasteiger partial charge is 0.490 e. The molecule has 0 aromatic heterocycles. The summed E-state index contributed by atoms with van der Waals surface area (Å²) >= 11 is 0. The van der Waals surface area contributed by atoms with Crippen LogP contribution in [0.3, 0.4) is 0 Å². The van der Waals surface area contributed by atoms with Crippen molar-refractivity contribution < 1.29 is 14.4 Å². The molecule has 0 saturated carbocycles. The molecule has 0 atom stereocenters. The molecule has 0 bridgehead atoms. The lowest BCUT2D eigenvalue weighted by atomic mass is 10.00. The van der Waals surface area contributed by atoms with E-state index in [0.717, 1.165) is 13.1 Å². The van der Waals surface area contributed by atoms with Gasteiger partial charge in [-0.2, -0.15) is 0 Å². The van der Waals surface area contributed by atoms with Crippen LogP contribution in [0.25, 0.3) is 0 Å². The summed E-state index contributed by atoms with van der Waals surface area (Å²) < 4.78 is 10.7. The van der Waals surface area contributed by atoms with Gasteiger partial charge in [-0.15, -0.1) is 0 Å². The number of nitro benzene ring substituents is 1. The number of nitrogens with zero attached hydrogens (tertiary/aromatic N) is 1. The van der Waals surface area contributed by atoms with Gasteiger partial charge in [0, 0.05) is 25.2 Å². The molecular weight excluding hydrogens is 224 g/mol. The molecule has 1 aliphatic heterocycles. The van der Waals surface area contributed by atoms with Crippen LogP contribution in [-0.4, -0.2) is 30.7 Å². The van der Waals surface area contributed by atoms with Crippen LogP contribution in [0.1, 0.15) is 6.92 Å². The third-order valence-electron chi connectivity index (χ3n) is 2.71. The van der Waals surface area contributed by atoms with Gasteiger partial charge in [-0.05, 0) is 13.0 Å². The second-order valence-electron chi connectivity index (χ2n) is 4.25. The van der Waals surface area contributed by atoms with Crippen LogP contribution in [0, 0.1) is 10.1 Å². The van der Waals surface area contributed by atoms with Gasteiger partial charge in [-0.1, -0.05) is 0 Å². The highest BCUT2D eigenvalue weighted by Crippen LogP contribution is 2.32. The van der Waals surface area contributed by atoms with Gasteiger partial charge in [0.05, 0.1) is 12.0 Å². The minimum Gasteiger partial charge on any atom is -0.490 e. The molecule has 6 nitrogen and oxygen atoms in total. The normalized spacial score (nSPS) is 17.1. The molecule has 0 radical (unpaired) electrons. The molecule has 92 valence electrons. The first-order valence-corrected chi connectivity index (χ1v) is 5.26. The zero-order valence-electron chi connectivity index (χ0n) is 9.73. The fourth-order valence-electron chi connectivity index (χ4n) is 1.71. The van der Waals surface area contributed by atoms with E-state index < -0.39 is 4.92 Å². The summed E-state index contributed by atoms with van der Waals surface area (Å²) in [4.78, 5) is 10.2. The van der Waals surface area contributed by atoms with Gasteiger partial charge in [0.2, 0.25) is 5.75 Å². The van der Waals surface area contributed by atoms with Gasteiger partial charge in [-0.3, -0.25) is 10.1 Å². The Morgan fingerprint density at radius 3 is 2.65 bits per heavy atom. The van der Waals surface area contributed by atoms with Gasteiger partial charge < -0.3 is 14.8 Å². The molecule has 2 rings (SSSR count). The van der Waals surface area contributed by atoms with Gasteiger partial charge in [-0.25, -0.2) is 0 Å². The Labute approximate surface area is 98.7 Å². The van der Waals surface area contributed by atoms with Gasteiger partial charge >= 0.3 is 5.69 Å². The maximum Gasteiger partial charge on any atom is 0.311 e. The van der Waals surface area contributed by atoms with Crippen LogP contribution in [0.4, 0.5) is 5.69 Å². The van der Waals surface area contributed by atoms with Crippen LogP contribution >= 0.6 is 0 Å². The summed E-state index contributed by atoms with van der Waals surface area (Å²) in [5, 5.41) is 13.8. The van der Waals surface area contributed by atoms with Crippen LogP contribution in [0.2, 0.25) is 0 Å². The molecule has 1 N–H and O–H groups in total. The van der Waals surface area contributed by atoms with Crippen molar-refractivity contribution in [2.75, 3.05) is 20.2 Å². The van der Waals surface area contributed by atoms with E-state index in [1.54, 1.807) is 12.1 Å². The second kappa shape index (κ2) is 4.21. The topological polar surface area (TPSA) is 73.6 Å². The molecule has 1 aliphatic rings. The quantitative estimate of drug-likeness (QED) is 0.633. The first kappa shape index (κ1) is 11.7. The Kier molecular flexibility index (Phi) is 2.89. The molecule has 1 heterocycles. The predicted molar refractivity (Wildman–Crippen MR) is 61.6 cm³/mol. The highest BCUT2D eigenvalue weighted by Gasteiger charge is 2.34. The van der Waals surface area contributed by atoms with Crippen LogP contribution in [0.15, 0.2) is 18.2 Å². The van der Waals surface area contributed by atoms with Crippen LogP contribution < -0.4 is 14.8 Å². The van der Waals surface area contributed by atoms with E-state index >= 15 is 0 Å². The van der Waals surface area contributed by atoms with Crippen molar-refractivity contribution in [2.24, 2.45) is 0 Å². The maximum atomic E-state index is 10.7. The Morgan fingerprint density at radius 2 is 2.18 bits per heavy atom. The van der Waals surface area contributed by atoms with Gasteiger partial charge in [0.25, 0.3) is 0 Å². The highest BCUT2D eigenvalue weighted by atomic mass is 16.6. The fraction of sp³-hybridized carbons (Fsp3) is 0.455. The maximum absolute atomic E-state index is 10.7. The van der Waals surface area contributed by atoms with E-state index in [1.807, 2.05) is 6.92 Å². The molecule has 0 spiro atoms. The third-order valence-corrected chi connectivity index (χ3v) is 2.71. The third kappa shape index (κ3) is 2.31. The number of ether oxygens (including phenoxy) is 2. The number of rotatable bonds is 4. The minimum absolute atomic E-state index is 0.0586. The summed E-state index contributed by atoms with van der Waals surface area (Å²) in [6.07, 6.45) is 0. The Bertz CT molecular complexity index is 443. The molecule has 1 saturated heterocycles. The SMILES string of the molecule is COc1cc(OC2(C)CNC2)ccc1[N+](=O)[O-]. The van der Waals surface area contributed by atoms with Crippen molar-refractivity contribution in [3.05, 3.63) is 28.3 Å². The number of benzene rings is 1. The molecule has 1 aromatic carbocycles. The van der Waals surface area contributed by atoms with Crippen molar-refractivity contribution in [3.63, 3.8) is 0 Å². The van der Waals surface area contributed by atoms with Crippen LogP contribution in [0.5, 0.6) is 11.5 Å². The molecule has 17 heavy (non-hydrogen) atoms. The summed E-state index contributed by atoms with van der Waals surface area (Å²) in [5.41, 5.74) is -0.294. The summed E-state index contributed by atoms with van der Waals surface area (Å²) in [6.45, 7) is 3.52. The summed E-state index contributed by atoms with van der Waals surface area (Å²) in [6, 6.07) is 4.52. The van der Waals surface area contributed by atoms with Crippen molar-refractivity contribution in [3.8, 4) is 11.5 Å². The zero-order valence-corrected chi connectivity index (χ0v) is 9.73. The van der Waals surface area contributed by atoms with E-state index in [1.165, 1.54) is 13.2 Å². The van der Waals surface area contributed by atoms with E-state index in [9.17, 15) is 10.1 Å². The number of methoxy groups -OCH3 is 1. The number of nitrogens with one attached hydrogen (secondary N) is 1. The molecule has 0 unspecified atom stereocenters. The van der Waals surface area contributed by atoms with Crippen LogP contribution in [-0.2, 0) is 0 Å². The monoisotopic (exact) mass is 238 g/mol. The number of hydrogen-bond acceptors (Lipinski definition) is 5. The first-order chi connectivity index (χ1) is 8.04. The molecular formula is C11H14N2O4. The number of nitro groups is 1. The average molecular weight is 238 g/mol. The Balaban J connectivity index is 2.22. The molecule has 0 amide bonds. The van der Waals surface area contributed by atoms with E-state index in [2.05, 4.69) is 5.32 Å². The van der Waals surface area contributed by atoms with Crippen molar-refractivity contribution in [1.82, 2.24) is 5.32 Å². The second-order valence-corrected chi connectivity index (χ2v) is 4.25. The smallest absolute Gasteiger partial charge is 0.311 e. The lowest BCUT2D eigenvalue weighted by Gasteiger charge is -2.39. The molecule has 1 aromatic rings. The predicted octanol–water partition coefficient (Wildman–Crippen LogP) is 1.34. The first-order valence-electron chi connectivity index (χ1n) is 5.26. The van der Waals surface area contributed by atoms with Crippen molar-refractivity contribution >= 4 is 5.69 Å². The lowest BCUT2D eigenvalue weighted by molar-refractivity contribution is -0.385. The zero-order chi connectivity index (χ0) is 12.5. The minimum atomic E-state index is -0.477. The Morgan fingerprint density at radius 1 is 1.47 bits per heavy atom. The number of hydrogen-bond donors (Lipinski definition) is 1. The lowest BCUT2D eigenvalue weighted by Crippen LogP contribution is -2.60. The van der Waals surface area contributed by atoms with E-state index in [-0.39, 0.29) is 17.0 Å². The standard InChI is InChI=1S/C11H14N2O4/c1-11(6-12-7-11)17-8-3-4-9(13(14)15)10(5-8)16-2/h3-5,12H,6-7H2,1-2H3. The molecule has 0 aliphatic carbocycles. The average Bonchev–Trinajstić information content (AvgIpc) is 2.26. The Hall–Kier alpha value is -1.82. The van der Waals surface area contributed by atoms with Gasteiger partial charge in [0.15, 0.2) is 0 Å².